The van der Waals surface area contributed by atoms with Crippen molar-refractivity contribution in [3.8, 4) is 0 Å². The fourth-order valence-electron chi connectivity index (χ4n) is 2.19. The Bertz CT molecular complexity index is 294. The van der Waals surface area contributed by atoms with Crippen LogP contribution in [0.15, 0.2) is 12.3 Å². The number of hydrogen-bond acceptors (Lipinski definition) is 2. The first-order chi connectivity index (χ1) is 6.29. The largest absolute Gasteiger partial charge is 0.159 e. The predicted molar refractivity (Wildman–Crippen MR) is 52.5 cm³/mol. The van der Waals surface area contributed by atoms with Crippen LogP contribution in [0.2, 0.25) is 0 Å². The van der Waals surface area contributed by atoms with E-state index in [0.717, 1.165) is 0 Å². The maximum Gasteiger partial charge on any atom is 0.0696 e. The molecule has 0 amide bonds. The molecule has 1 heterocycles. The summed E-state index contributed by atoms with van der Waals surface area (Å²) < 4.78 is 0. The van der Waals surface area contributed by atoms with E-state index in [9.17, 15) is 0 Å². The van der Waals surface area contributed by atoms with Crippen molar-refractivity contribution in [2.75, 3.05) is 0 Å². The smallest absolute Gasteiger partial charge is 0.0696 e. The summed E-state index contributed by atoms with van der Waals surface area (Å²) in [7, 11) is 0. The highest BCUT2D eigenvalue weighted by molar-refractivity contribution is 5.24. The van der Waals surface area contributed by atoms with Crippen molar-refractivity contribution >= 4 is 0 Å². The molecule has 0 saturated heterocycles. The van der Waals surface area contributed by atoms with Crippen molar-refractivity contribution in [3.05, 3.63) is 23.5 Å². The van der Waals surface area contributed by atoms with Crippen LogP contribution >= 0.6 is 0 Å². The molecule has 1 aromatic heterocycles. The fraction of sp³-hybridized carbons (Fsp3) is 0.636. The molecule has 1 atom stereocenters. The molecule has 2 rings (SSSR count). The molecule has 2 heteroatoms. The predicted octanol–water partition coefficient (Wildman–Crippen LogP) is 2.55. The molecule has 1 aliphatic carbocycles. The maximum absolute atomic E-state index is 4.27. The van der Waals surface area contributed by atoms with Crippen LogP contribution in [0.3, 0.4) is 0 Å². The van der Waals surface area contributed by atoms with Gasteiger partial charge in [0, 0.05) is 12.1 Å². The maximum atomic E-state index is 4.27. The van der Waals surface area contributed by atoms with Gasteiger partial charge >= 0.3 is 0 Å². The van der Waals surface area contributed by atoms with Gasteiger partial charge in [-0.15, -0.1) is 0 Å². The lowest BCUT2D eigenvalue weighted by Gasteiger charge is -2.26. The van der Waals surface area contributed by atoms with Crippen molar-refractivity contribution in [1.29, 1.82) is 0 Å². The molecule has 1 unspecified atom stereocenters. The van der Waals surface area contributed by atoms with Crippen LogP contribution in [0.4, 0.5) is 0 Å². The van der Waals surface area contributed by atoms with E-state index in [1.165, 1.54) is 30.5 Å². The minimum atomic E-state index is 0.637. The first-order valence-electron chi connectivity index (χ1n) is 5.09. The van der Waals surface area contributed by atoms with Gasteiger partial charge in [-0.05, 0) is 36.8 Å². The summed E-state index contributed by atoms with van der Waals surface area (Å²) in [6, 6.07) is 2.12. The second-order valence-corrected chi connectivity index (χ2v) is 4.18. The number of nitrogens with zero attached hydrogens (tertiary/aromatic N) is 2. The third kappa shape index (κ3) is 1.58. The molecular weight excluding hydrogens is 160 g/mol. The van der Waals surface area contributed by atoms with Crippen LogP contribution in [0.5, 0.6) is 0 Å². The summed E-state index contributed by atoms with van der Waals surface area (Å²) in [5.74, 6) is 1.33. The minimum Gasteiger partial charge on any atom is -0.159 e. The Morgan fingerprint density at radius 1 is 1.46 bits per heavy atom. The molecule has 0 fully saturated rings. The Morgan fingerprint density at radius 2 is 2.31 bits per heavy atom. The zero-order chi connectivity index (χ0) is 9.26. The molecule has 0 aromatic carbocycles. The van der Waals surface area contributed by atoms with Crippen LogP contribution in [0.1, 0.15) is 43.9 Å². The Labute approximate surface area is 79.4 Å². The molecule has 0 saturated carbocycles. The quantitative estimate of drug-likeness (QED) is 0.657. The van der Waals surface area contributed by atoms with Gasteiger partial charge in [0.1, 0.15) is 0 Å². The molecule has 0 radical (unpaired) electrons. The van der Waals surface area contributed by atoms with Crippen molar-refractivity contribution < 1.29 is 0 Å². The van der Waals surface area contributed by atoms with Gasteiger partial charge in [-0.1, -0.05) is 13.8 Å². The monoisotopic (exact) mass is 176 g/mol. The zero-order valence-electron chi connectivity index (χ0n) is 8.33. The van der Waals surface area contributed by atoms with E-state index in [2.05, 4.69) is 30.1 Å². The van der Waals surface area contributed by atoms with E-state index in [4.69, 9.17) is 0 Å². The molecule has 13 heavy (non-hydrogen) atoms. The second-order valence-electron chi connectivity index (χ2n) is 4.18. The molecule has 70 valence electrons. The minimum absolute atomic E-state index is 0.637. The van der Waals surface area contributed by atoms with Crippen LogP contribution in [0, 0.1) is 5.92 Å². The van der Waals surface area contributed by atoms with Gasteiger partial charge in [-0.2, -0.15) is 10.2 Å². The van der Waals surface area contributed by atoms with E-state index >= 15 is 0 Å². The highest BCUT2D eigenvalue weighted by Crippen LogP contribution is 2.34. The van der Waals surface area contributed by atoms with Crippen LogP contribution in [-0.4, -0.2) is 10.2 Å². The van der Waals surface area contributed by atoms with E-state index < -0.39 is 0 Å². The summed E-state index contributed by atoms with van der Waals surface area (Å²) in [5, 5.41) is 8.25. The molecule has 0 bridgehead atoms. The Kier molecular flexibility index (Phi) is 2.30. The van der Waals surface area contributed by atoms with Crippen LogP contribution in [0.25, 0.3) is 0 Å². The van der Waals surface area contributed by atoms with Gasteiger partial charge in [-0.25, -0.2) is 0 Å². The summed E-state index contributed by atoms with van der Waals surface area (Å²) >= 11 is 0. The third-order valence-electron chi connectivity index (χ3n) is 2.95. The first kappa shape index (κ1) is 8.67. The Hall–Kier alpha value is -0.920. The molecule has 1 aliphatic rings. The van der Waals surface area contributed by atoms with E-state index in [0.29, 0.717) is 11.8 Å². The van der Waals surface area contributed by atoms with Crippen LogP contribution < -0.4 is 0 Å². The zero-order valence-corrected chi connectivity index (χ0v) is 8.33. The summed E-state index contributed by atoms with van der Waals surface area (Å²) in [5.41, 5.74) is 2.67. The molecule has 0 N–H and O–H groups in total. The number of hydrogen-bond donors (Lipinski definition) is 0. The fourth-order valence-corrected chi connectivity index (χ4v) is 2.19. The molecule has 0 spiro atoms. The van der Waals surface area contributed by atoms with Crippen molar-refractivity contribution in [3.63, 3.8) is 0 Å². The Morgan fingerprint density at radius 3 is 3.08 bits per heavy atom. The van der Waals surface area contributed by atoms with Gasteiger partial charge in [0.2, 0.25) is 0 Å². The topological polar surface area (TPSA) is 25.8 Å². The normalized spacial score (nSPS) is 21.6. The standard InChI is InChI=1S/C11H16N2/c1-8(2)10-5-3-4-9-6-7-12-13-11(9)10/h6-8,10H,3-5H2,1-2H3. The van der Waals surface area contributed by atoms with Crippen LogP contribution in [-0.2, 0) is 6.42 Å². The number of fused-ring (bicyclic) bond motifs is 1. The van der Waals surface area contributed by atoms with Gasteiger partial charge in [-0.3, -0.25) is 0 Å². The van der Waals surface area contributed by atoms with Gasteiger partial charge in [0.05, 0.1) is 5.69 Å². The molecule has 0 aliphatic heterocycles. The van der Waals surface area contributed by atoms with Crippen molar-refractivity contribution in [1.82, 2.24) is 10.2 Å². The lowest BCUT2D eigenvalue weighted by Crippen LogP contribution is -2.16. The number of rotatable bonds is 1. The van der Waals surface area contributed by atoms with Gasteiger partial charge in [0.15, 0.2) is 0 Å². The van der Waals surface area contributed by atoms with Crippen molar-refractivity contribution in [2.24, 2.45) is 5.92 Å². The Balaban J connectivity index is 2.37. The number of aromatic nitrogens is 2. The number of aryl methyl sites for hydroxylation is 1. The summed E-state index contributed by atoms with van der Waals surface area (Å²) in [6.07, 6.45) is 5.58. The van der Waals surface area contributed by atoms with E-state index in [1.54, 1.807) is 0 Å². The van der Waals surface area contributed by atoms with Gasteiger partial charge < -0.3 is 0 Å². The highest BCUT2D eigenvalue weighted by Gasteiger charge is 2.24. The molecule has 2 nitrogen and oxygen atoms in total. The summed E-state index contributed by atoms with van der Waals surface area (Å²) in [4.78, 5) is 0. The highest BCUT2D eigenvalue weighted by atomic mass is 15.1. The lowest BCUT2D eigenvalue weighted by molar-refractivity contribution is 0.419. The molecule has 1 aromatic rings. The van der Waals surface area contributed by atoms with Gasteiger partial charge in [0.25, 0.3) is 0 Å². The van der Waals surface area contributed by atoms with Crippen molar-refractivity contribution in [2.45, 2.75) is 39.0 Å². The third-order valence-corrected chi connectivity index (χ3v) is 2.95. The molecular formula is C11H16N2. The average Bonchev–Trinajstić information content (AvgIpc) is 2.17. The van der Waals surface area contributed by atoms with E-state index in [-0.39, 0.29) is 0 Å². The second kappa shape index (κ2) is 3.44. The average molecular weight is 176 g/mol. The summed E-state index contributed by atoms with van der Waals surface area (Å²) in [6.45, 7) is 4.54. The lowest BCUT2D eigenvalue weighted by atomic mass is 9.80. The SMILES string of the molecule is CC(C)C1CCCc2ccnnc21. The first-order valence-corrected chi connectivity index (χ1v) is 5.09. The van der Waals surface area contributed by atoms with E-state index in [1.807, 2.05) is 6.20 Å².